The number of hydrogen-bond acceptors (Lipinski definition) is 4. The lowest BCUT2D eigenvalue weighted by atomic mass is 10.1. The molecule has 0 saturated heterocycles. The van der Waals surface area contributed by atoms with Gasteiger partial charge in [-0.25, -0.2) is 9.97 Å². The number of anilines is 3. The molecular weight excluding hydrogens is 260 g/mol. The largest absolute Gasteiger partial charge is 0.399 e. The van der Waals surface area contributed by atoms with E-state index in [2.05, 4.69) is 40.8 Å². The minimum Gasteiger partial charge on any atom is -0.399 e. The van der Waals surface area contributed by atoms with Crippen molar-refractivity contribution in [2.45, 2.75) is 13.8 Å². The van der Waals surface area contributed by atoms with Crippen LogP contribution in [0.2, 0.25) is 0 Å². The zero-order chi connectivity index (χ0) is 14.8. The van der Waals surface area contributed by atoms with E-state index in [1.165, 1.54) is 5.56 Å². The third-order valence-electron chi connectivity index (χ3n) is 3.62. The second-order valence-corrected chi connectivity index (χ2v) is 5.00. The molecule has 0 atom stereocenters. The van der Waals surface area contributed by atoms with Gasteiger partial charge in [0, 0.05) is 23.3 Å². The molecule has 0 saturated carbocycles. The number of benzene rings is 2. The van der Waals surface area contributed by atoms with Crippen LogP contribution in [0.3, 0.4) is 0 Å². The Hall–Kier alpha value is -2.62. The van der Waals surface area contributed by atoms with E-state index in [9.17, 15) is 0 Å². The Balaban J connectivity index is 2.22. The van der Waals surface area contributed by atoms with Crippen molar-refractivity contribution < 1.29 is 0 Å². The average Bonchev–Trinajstić information content (AvgIpc) is 2.50. The van der Waals surface area contributed by atoms with E-state index in [0.29, 0.717) is 0 Å². The molecule has 4 nitrogen and oxygen atoms in total. The van der Waals surface area contributed by atoms with Gasteiger partial charge >= 0.3 is 0 Å². The third kappa shape index (κ3) is 2.40. The zero-order valence-electron chi connectivity index (χ0n) is 12.2. The van der Waals surface area contributed by atoms with E-state index in [-0.39, 0.29) is 0 Å². The Morgan fingerprint density at radius 1 is 1.10 bits per heavy atom. The fourth-order valence-electron chi connectivity index (χ4n) is 2.58. The van der Waals surface area contributed by atoms with E-state index >= 15 is 0 Å². The number of fused-ring (bicyclic) bond motifs is 1. The second-order valence-electron chi connectivity index (χ2n) is 5.00. The summed E-state index contributed by atoms with van der Waals surface area (Å²) in [7, 11) is 0. The average molecular weight is 278 g/mol. The molecule has 0 aliphatic rings. The van der Waals surface area contributed by atoms with Gasteiger partial charge < -0.3 is 10.6 Å². The summed E-state index contributed by atoms with van der Waals surface area (Å²) in [5.74, 6) is 0.893. The molecule has 0 unspecified atom stereocenters. The monoisotopic (exact) mass is 278 g/mol. The minimum atomic E-state index is 0.722. The predicted octanol–water partition coefficient (Wildman–Crippen LogP) is 3.68. The molecule has 0 bridgehead atoms. The normalized spacial score (nSPS) is 10.8. The maximum atomic E-state index is 5.93. The molecule has 21 heavy (non-hydrogen) atoms. The highest BCUT2D eigenvalue weighted by Gasteiger charge is 2.14. The van der Waals surface area contributed by atoms with Gasteiger partial charge in [-0.1, -0.05) is 18.2 Å². The fourth-order valence-corrected chi connectivity index (χ4v) is 2.58. The molecule has 3 rings (SSSR count). The van der Waals surface area contributed by atoms with Crippen LogP contribution >= 0.6 is 0 Å². The van der Waals surface area contributed by atoms with Crippen molar-refractivity contribution in [3.05, 3.63) is 54.4 Å². The lowest BCUT2D eigenvalue weighted by Crippen LogP contribution is -2.19. The number of nitrogens with zero attached hydrogens (tertiary/aromatic N) is 3. The summed E-state index contributed by atoms with van der Waals surface area (Å²) in [4.78, 5) is 11.0. The molecule has 1 aromatic heterocycles. The SMILES string of the molecule is CCN(c1ccccc1C)c1ncnc2ccc(N)cc12. The first-order valence-corrected chi connectivity index (χ1v) is 7.04. The molecule has 0 radical (unpaired) electrons. The molecule has 0 amide bonds. The van der Waals surface area contributed by atoms with Crippen molar-refractivity contribution >= 4 is 28.1 Å². The van der Waals surface area contributed by atoms with Crippen LogP contribution in [0.15, 0.2) is 48.8 Å². The van der Waals surface area contributed by atoms with Crippen LogP contribution in [0.4, 0.5) is 17.2 Å². The molecule has 0 spiro atoms. The number of aromatic nitrogens is 2. The first-order valence-electron chi connectivity index (χ1n) is 7.04. The second kappa shape index (κ2) is 5.40. The third-order valence-corrected chi connectivity index (χ3v) is 3.62. The molecule has 0 aliphatic heterocycles. The number of rotatable bonds is 3. The van der Waals surface area contributed by atoms with Gasteiger partial charge in [-0.2, -0.15) is 0 Å². The van der Waals surface area contributed by atoms with Gasteiger partial charge in [-0.15, -0.1) is 0 Å². The molecule has 106 valence electrons. The minimum absolute atomic E-state index is 0.722. The highest BCUT2D eigenvalue weighted by atomic mass is 15.2. The highest BCUT2D eigenvalue weighted by Crippen LogP contribution is 2.31. The van der Waals surface area contributed by atoms with E-state index < -0.39 is 0 Å². The van der Waals surface area contributed by atoms with Crippen LogP contribution < -0.4 is 10.6 Å². The first-order chi connectivity index (χ1) is 10.2. The van der Waals surface area contributed by atoms with Gasteiger partial charge in [-0.05, 0) is 43.7 Å². The Kier molecular flexibility index (Phi) is 3.44. The number of aryl methyl sites for hydroxylation is 1. The van der Waals surface area contributed by atoms with Gasteiger partial charge in [-0.3, -0.25) is 0 Å². The van der Waals surface area contributed by atoms with Crippen molar-refractivity contribution in [3.63, 3.8) is 0 Å². The van der Waals surface area contributed by atoms with Gasteiger partial charge in [0.2, 0.25) is 0 Å². The van der Waals surface area contributed by atoms with Crippen LogP contribution in [-0.2, 0) is 0 Å². The maximum absolute atomic E-state index is 5.93. The molecule has 0 aliphatic carbocycles. The van der Waals surface area contributed by atoms with Gasteiger partial charge in [0.1, 0.15) is 12.1 Å². The zero-order valence-corrected chi connectivity index (χ0v) is 12.2. The van der Waals surface area contributed by atoms with Crippen molar-refractivity contribution in [1.29, 1.82) is 0 Å². The summed E-state index contributed by atoms with van der Waals surface area (Å²) in [6.45, 7) is 5.05. The predicted molar refractivity (Wildman–Crippen MR) is 87.8 cm³/mol. The number of para-hydroxylation sites is 1. The first kappa shape index (κ1) is 13.4. The summed E-state index contributed by atoms with van der Waals surface area (Å²) in [5, 5.41) is 0.975. The quantitative estimate of drug-likeness (QED) is 0.742. The molecule has 2 aromatic carbocycles. The molecule has 4 heteroatoms. The Bertz CT molecular complexity index is 783. The van der Waals surface area contributed by atoms with Crippen molar-refractivity contribution in [2.75, 3.05) is 17.2 Å². The van der Waals surface area contributed by atoms with Crippen molar-refractivity contribution in [3.8, 4) is 0 Å². The van der Waals surface area contributed by atoms with Crippen molar-refractivity contribution in [2.24, 2.45) is 0 Å². The smallest absolute Gasteiger partial charge is 0.144 e. The van der Waals surface area contributed by atoms with E-state index in [4.69, 9.17) is 5.73 Å². The van der Waals surface area contributed by atoms with Crippen LogP contribution in [-0.4, -0.2) is 16.5 Å². The van der Waals surface area contributed by atoms with Crippen LogP contribution in [0.5, 0.6) is 0 Å². The van der Waals surface area contributed by atoms with Crippen LogP contribution in [0, 0.1) is 6.92 Å². The standard InChI is InChI=1S/C17H18N4/c1-3-21(16-7-5-4-6-12(16)2)17-14-10-13(18)8-9-15(14)19-11-20-17/h4-11H,3,18H2,1-2H3. The number of nitrogens with two attached hydrogens (primary N) is 1. The number of nitrogen functional groups attached to an aromatic ring is 1. The topological polar surface area (TPSA) is 55.0 Å². The molecule has 2 N–H and O–H groups in total. The van der Waals surface area contributed by atoms with E-state index in [1.807, 2.05) is 30.3 Å². The summed E-state index contributed by atoms with van der Waals surface area (Å²) in [5.41, 5.74) is 9.93. The number of hydrogen-bond donors (Lipinski definition) is 1. The van der Waals surface area contributed by atoms with Crippen LogP contribution in [0.1, 0.15) is 12.5 Å². The molecule has 3 aromatic rings. The van der Waals surface area contributed by atoms with E-state index in [1.54, 1.807) is 6.33 Å². The van der Waals surface area contributed by atoms with Crippen LogP contribution in [0.25, 0.3) is 10.9 Å². The summed E-state index contributed by atoms with van der Waals surface area (Å²) >= 11 is 0. The summed E-state index contributed by atoms with van der Waals surface area (Å²) in [6.07, 6.45) is 1.61. The summed E-state index contributed by atoms with van der Waals surface area (Å²) in [6, 6.07) is 14.0. The molecular formula is C17H18N4. The maximum Gasteiger partial charge on any atom is 0.144 e. The van der Waals surface area contributed by atoms with Gasteiger partial charge in [0.05, 0.1) is 5.52 Å². The van der Waals surface area contributed by atoms with Crippen molar-refractivity contribution in [1.82, 2.24) is 9.97 Å². The molecule has 1 heterocycles. The Morgan fingerprint density at radius 3 is 2.67 bits per heavy atom. The fraction of sp³-hybridized carbons (Fsp3) is 0.176. The lowest BCUT2D eigenvalue weighted by Gasteiger charge is -2.25. The Morgan fingerprint density at radius 2 is 1.90 bits per heavy atom. The lowest BCUT2D eigenvalue weighted by molar-refractivity contribution is 0.983. The van der Waals surface area contributed by atoms with Gasteiger partial charge in [0.25, 0.3) is 0 Å². The molecule has 0 fully saturated rings. The highest BCUT2D eigenvalue weighted by molar-refractivity contribution is 5.93. The summed E-state index contributed by atoms with van der Waals surface area (Å²) < 4.78 is 0. The Labute approximate surface area is 124 Å². The van der Waals surface area contributed by atoms with E-state index in [0.717, 1.165) is 34.6 Å². The van der Waals surface area contributed by atoms with Gasteiger partial charge in [0.15, 0.2) is 0 Å².